The van der Waals surface area contributed by atoms with Crippen LogP contribution in [0.2, 0.25) is 5.02 Å². The molecule has 7 nitrogen and oxygen atoms in total. The maximum Gasteiger partial charge on any atom is 0.315 e. The minimum atomic E-state index is -3.57. The highest BCUT2D eigenvalue weighted by atomic mass is 35.5. The zero-order chi connectivity index (χ0) is 17.9. The minimum absolute atomic E-state index is 0.0797. The zero-order valence-corrected chi connectivity index (χ0v) is 15.4. The molecule has 2 unspecified atom stereocenters. The molecule has 0 radical (unpaired) electrons. The van der Waals surface area contributed by atoms with Gasteiger partial charge in [-0.1, -0.05) is 11.6 Å². The summed E-state index contributed by atoms with van der Waals surface area (Å²) in [5, 5.41) is 6.11. The minimum Gasteiger partial charge on any atom is -0.376 e. The Kier molecular flexibility index (Phi) is 5.83. The van der Waals surface area contributed by atoms with E-state index in [0.717, 1.165) is 19.4 Å². The molecule has 2 heterocycles. The molecule has 2 fully saturated rings. The van der Waals surface area contributed by atoms with Gasteiger partial charge in [0.15, 0.2) is 0 Å². The van der Waals surface area contributed by atoms with E-state index in [0.29, 0.717) is 24.5 Å². The van der Waals surface area contributed by atoms with E-state index in [9.17, 15) is 13.2 Å². The van der Waals surface area contributed by atoms with Gasteiger partial charge in [-0.05, 0) is 43.5 Å². The first-order valence-electron chi connectivity index (χ1n) is 8.37. The van der Waals surface area contributed by atoms with Crippen molar-refractivity contribution in [1.29, 1.82) is 0 Å². The Bertz CT molecular complexity index is 705. The molecule has 0 saturated carbocycles. The number of carbonyl (C=O) groups excluding carboxylic acids is 1. The van der Waals surface area contributed by atoms with Crippen molar-refractivity contribution in [2.24, 2.45) is 0 Å². The number of sulfonamides is 1. The highest BCUT2D eigenvalue weighted by molar-refractivity contribution is 7.89. The number of nitrogens with one attached hydrogen (secondary N) is 2. The third-order valence-electron chi connectivity index (χ3n) is 4.45. The fourth-order valence-electron chi connectivity index (χ4n) is 3.07. The molecule has 0 spiro atoms. The van der Waals surface area contributed by atoms with Crippen molar-refractivity contribution in [2.45, 2.75) is 36.3 Å². The van der Waals surface area contributed by atoms with Crippen molar-refractivity contribution >= 4 is 27.7 Å². The van der Waals surface area contributed by atoms with E-state index in [4.69, 9.17) is 16.3 Å². The van der Waals surface area contributed by atoms with Gasteiger partial charge in [-0.3, -0.25) is 0 Å². The molecule has 2 aliphatic rings. The predicted molar refractivity (Wildman–Crippen MR) is 94.1 cm³/mol. The molecule has 2 N–H and O–H groups in total. The first kappa shape index (κ1) is 18.4. The standard InChI is InChI=1S/C16H22ClN3O4S/c17-12-3-5-15(6-4-12)25(22,23)20-8-7-13(11-20)19-16(21)18-10-14-2-1-9-24-14/h3-6,13-14H,1-2,7-11H2,(H2,18,19,21). The molecule has 9 heteroatoms. The Morgan fingerprint density at radius 3 is 2.72 bits per heavy atom. The number of hydrogen-bond donors (Lipinski definition) is 2. The lowest BCUT2D eigenvalue weighted by Crippen LogP contribution is -2.45. The molecular formula is C16H22ClN3O4S. The lowest BCUT2D eigenvalue weighted by Gasteiger charge is -2.18. The Morgan fingerprint density at radius 2 is 2.04 bits per heavy atom. The van der Waals surface area contributed by atoms with E-state index < -0.39 is 10.0 Å². The number of ether oxygens (including phenoxy) is 1. The van der Waals surface area contributed by atoms with Gasteiger partial charge in [-0.15, -0.1) is 0 Å². The lowest BCUT2D eigenvalue weighted by atomic mass is 10.2. The largest absolute Gasteiger partial charge is 0.376 e. The van der Waals surface area contributed by atoms with Crippen LogP contribution in [0.4, 0.5) is 4.79 Å². The normalized spacial score (nSPS) is 24.4. The van der Waals surface area contributed by atoms with Crippen LogP contribution in [-0.4, -0.2) is 57.1 Å². The van der Waals surface area contributed by atoms with Crippen LogP contribution >= 0.6 is 11.6 Å². The summed E-state index contributed by atoms with van der Waals surface area (Å²) in [7, 11) is -3.57. The van der Waals surface area contributed by atoms with E-state index in [1.54, 1.807) is 12.1 Å². The van der Waals surface area contributed by atoms with Crippen molar-refractivity contribution in [2.75, 3.05) is 26.2 Å². The number of carbonyl (C=O) groups is 1. The Balaban J connectivity index is 1.50. The van der Waals surface area contributed by atoms with Gasteiger partial charge >= 0.3 is 6.03 Å². The average molecular weight is 388 g/mol. The molecule has 25 heavy (non-hydrogen) atoms. The molecule has 0 aromatic heterocycles. The van der Waals surface area contributed by atoms with Gasteiger partial charge in [-0.2, -0.15) is 4.31 Å². The predicted octanol–water partition coefficient (Wildman–Crippen LogP) is 1.58. The van der Waals surface area contributed by atoms with Gasteiger partial charge in [0, 0.05) is 37.3 Å². The third kappa shape index (κ3) is 4.63. The summed E-state index contributed by atoms with van der Waals surface area (Å²) in [6.45, 7) is 1.86. The van der Waals surface area contributed by atoms with Crippen LogP contribution in [0.15, 0.2) is 29.2 Å². The number of urea groups is 1. The highest BCUT2D eigenvalue weighted by Crippen LogP contribution is 2.22. The second-order valence-electron chi connectivity index (χ2n) is 6.29. The van der Waals surface area contributed by atoms with Gasteiger partial charge in [0.25, 0.3) is 0 Å². The number of nitrogens with zero attached hydrogens (tertiary/aromatic N) is 1. The van der Waals surface area contributed by atoms with Crippen molar-refractivity contribution in [3.8, 4) is 0 Å². The SMILES string of the molecule is O=C(NCC1CCCO1)NC1CCN(S(=O)(=O)c2ccc(Cl)cc2)C1. The number of halogens is 1. The van der Waals surface area contributed by atoms with Crippen LogP contribution in [0.1, 0.15) is 19.3 Å². The van der Waals surface area contributed by atoms with Gasteiger partial charge in [0.05, 0.1) is 11.0 Å². The summed E-state index contributed by atoms with van der Waals surface area (Å²) in [5.41, 5.74) is 0. The number of benzene rings is 1. The molecule has 2 amide bonds. The number of hydrogen-bond acceptors (Lipinski definition) is 4. The molecule has 0 aliphatic carbocycles. The molecular weight excluding hydrogens is 366 g/mol. The van der Waals surface area contributed by atoms with Crippen molar-refractivity contribution in [1.82, 2.24) is 14.9 Å². The molecule has 2 aliphatic heterocycles. The molecule has 2 atom stereocenters. The lowest BCUT2D eigenvalue weighted by molar-refractivity contribution is 0.111. The second kappa shape index (κ2) is 7.90. The molecule has 2 saturated heterocycles. The molecule has 3 rings (SSSR count). The van der Waals surface area contributed by atoms with Crippen molar-refractivity contribution in [3.05, 3.63) is 29.3 Å². The Morgan fingerprint density at radius 1 is 1.28 bits per heavy atom. The van der Waals surface area contributed by atoms with Crippen LogP contribution in [0, 0.1) is 0 Å². The highest BCUT2D eigenvalue weighted by Gasteiger charge is 2.33. The fourth-order valence-corrected chi connectivity index (χ4v) is 4.69. The van der Waals surface area contributed by atoms with E-state index in [-0.39, 0.29) is 29.6 Å². The monoisotopic (exact) mass is 387 g/mol. The number of amides is 2. The van der Waals surface area contributed by atoms with Crippen molar-refractivity contribution in [3.63, 3.8) is 0 Å². The van der Waals surface area contributed by atoms with E-state index in [1.165, 1.54) is 16.4 Å². The topological polar surface area (TPSA) is 87.7 Å². The zero-order valence-electron chi connectivity index (χ0n) is 13.8. The molecule has 0 bridgehead atoms. The van der Waals surface area contributed by atoms with Gasteiger partial charge in [0.2, 0.25) is 10.0 Å². The summed E-state index contributed by atoms with van der Waals surface area (Å²) in [6.07, 6.45) is 2.64. The smallest absolute Gasteiger partial charge is 0.315 e. The van der Waals surface area contributed by atoms with E-state index in [2.05, 4.69) is 10.6 Å². The van der Waals surface area contributed by atoms with Crippen LogP contribution in [0.25, 0.3) is 0 Å². The van der Waals surface area contributed by atoms with E-state index in [1.807, 2.05) is 0 Å². The first-order chi connectivity index (χ1) is 11.9. The Hall–Kier alpha value is -1.35. The van der Waals surface area contributed by atoms with Crippen LogP contribution < -0.4 is 10.6 Å². The maximum absolute atomic E-state index is 12.6. The summed E-state index contributed by atoms with van der Waals surface area (Å²) >= 11 is 5.81. The van der Waals surface area contributed by atoms with Crippen molar-refractivity contribution < 1.29 is 17.9 Å². The van der Waals surface area contributed by atoms with Gasteiger partial charge in [0.1, 0.15) is 0 Å². The summed E-state index contributed by atoms with van der Waals surface area (Å²) in [5.74, 6) is 0. The van der Waals surface area contributed by atoms with Gasteiger partial charge in [-0.25, -0.2) is 13.2 Å². The third-order valence-corrected chi connectivity index (χ3v) is 6.58. The average Bonchev–Trinajstić information content (AvgIpc) is 3.25. The van der Waals surface area contributed by atoms with Crippen LogP contribution in [0.5, 0.6) is 0 Å². The first-order valence-corrected chi connectivity index (χ1v) is 10.2. The fraction of sp³-hybridized carbons (Fsp3) is 0.562. The van der Waals surface area contributed by atoms with Crippen LogP contribution in [0.3, 0.4) is 0 Å². The Labute approximate surface area is 152 Å². The second-order valence-corrected chi connectivity index (χ2v) is 8.67. The molecule has 1 aromatic carbocycles. The molecule has 1 aromatic rings. The summed E-state index contributed by atoms with van der Waals surface area (Å²) in [4.78, 5) is 12.2. The van der Waals surface area contributed by atoms with E-state index >= 15 is 0 Å². The quantitative estimate of drug-likeness (QED) is 0.803. The van der Waals surface area contributed by atoms with Crippen LogP contribution in [-0.2, 0) is 14.8 Å². The number of rotatable bonds is 5. The maximum atomic E-state index is 12.6. The summed E-state index contributed by atoms with van der Waals surface area (Å²) in [6, 6.07) is 5.61. The van der Waals surface area contributed by atoms with Gasteiger partial charge < -0.3 is 15.4 Å². The summed E-state index contributed by atoms with van der Waals surface area (Å²) < 4.78 is 32.1. The molecule has 138 valence electrons.